The number of benzene rings is 1. The van der Waals surface area contributed by atoms with Gasteiger partial charge < -0.3 is 19.1 Å². The van der Waals surface area contributed by atoms with Crippen LogP contribution in [0.25, 0.3) is 0 Å². The van der Waals surface area contributed by atoms with Crippen molar-refractivity contribution in [1.82, 2.24) is 9.55 Å². The highest BCUT2D eigenvalue weighted by Crippen LogP contribution is 2.37. The van der Waals surface area contributed by atoms with Crippen molar-refractivity contribution in [2.75, 3.05) is 7.11 Å². The molecule has 0 aliphatic rings. The van der Waals surface area contributed by atoms with Crippen LogP contribution in [-0.2, 0) is 13.2 Å². The van der Waals surface area contributed by atoms with Gasteiger partial charge in [0.1, 0.15) is 6.61 Å². The molecule has 1 N–H and O–H groups in total. The van der Waals surface area contributed by atoms with Crippen LogP contribution in [0.5, 0.6) is 11.5 Å². The summed E-state index contributed by atoms with van der Waals surface area (Å²) in [7, 11) is 1.58. The first-order valence-corrected chi connectivity index (χ1v) is 7.46. The molecule has 1 heterocycles. The Morgan fingerprint density at radius 1 is 1.38 bits per heavy atom. The monoisotopic (exact) mass is 354 g/mol. The van der Waals surface area contributed by atoms with Crippen molar-refractivity contribution in [1.29, 1.82) is 0 Å². The van der Waals surface area contributed by atoms with E-state index in [0.717, 1.165) is 15.7 Å². The molecule has 114 valence electrons. The Balaban J connectivity index is 2.21. The van der Waals surface area contributed by atoms with E-state index < -0.39 is 0 Å². The molecule has 6 heteroatoms. The van der Waals surface area contributed by atoms with E-state index in [1.165, 1.54) is 0 Å². The predicted molar refractivity (Wildman–Crippen MR) is 83.6 cm³/mol. The SMILES string of the molecule is COc1cc(CO)cc(Br)c1OCc1cncn1C(C)C. The van der Waals surface area contributed by atoms with Gasteiger partial charge in [-0.05, 0) is 47.5 Å². The Hall–Kier alpha value is -1.53. The lowest BCUT2D eigenvalue weighted by Crippen LogP contribution is -2.08. The summed E-state index contributed by atoms with van der Waals surface area (Å²) in [5.74, 6) is 1.20. The van der Waals surface area contributed by atoms with Crippen molar-refractivity contribution in [2.24, 2.45) is 0 Å². The lowest BCUT2D eigenvalue weighted by molar-refractivity contribution is 0.267. The number of aromatic nitrogens is 2. The highest BCUT2D eigenvalue weighted by atomic mass is 79.9. The molecular formula is C15H19BrN2O3. The van der Waals surface area contributed by atoms with Crippen LogP contribution >= 0.6 is 15.9 Å². The first kappa shape index (κ1) is 15.9. The first-order valence-electron chi connectivity index (χ1n) is 6.67. The van der Waals surface area contributed by atoms with E-state index in [-0.39, 0.29) is 6.61 Å². The predicted octanol–water partition coefficient (Wildman–Crippen LogP) is 3.31. The highest BCUT2D eigenvalue weighted by Gasteiger charge is 2.13. The fourth-order valence-electron chi connectivity index (χ4n) is 2.06. The molecule has 0 saturated heterocycles. The van der Waals surface area contributed by atoms with E-state index in [2.05, 4.69) is 39.3 Å². The molecule has 0 aliphatic carbocycles. The van der Waals surface area contributed by atoms with E-state index in [4.69, 9.17) is 9.47 Å². The third kappa shape index (κ3) is 3.57. The van der Waals surface area contributed by atoms with Crippen molar-refractivity contribution in [3.8, 4) is 11.5 Å². The summed E-state index contributed by atoms with van der Waals surface area (Å²) in [5.41, 5.74) is 1.75. The molecule has 0 fully saturated rings. The summed E-state index contributed by atoms with van der Waals surface area (Å²) in [5, 5.41) is 9.22. The van der Waals surface area contributed by atoms with Gasteiger partial charge >= 0.3 is 0 Å². The molecule has 0 amide bonds. The van der Waals surface area contributed by atoms with Crippen molar-refractivity contribution >= 4 is 15.9 Å². The molecule has 0 spiro atoms. The number of aliphatic hydroxyl groups is 1. The molecule has 1 aromatic carbocycles. The van der Waals surface area contributed by atoms with Gasteiger partial charge in [-0.3, -0.25) is 0 Å². The van der Waals surface area contributed by atoms with Gasteiger partial charge in [0, 0.05) is 6.04 Å². The van der Waals surface area contributed by atoms with Gasteiger partial charge in [-0.25, -0.2) is 4.98 Å². The summed E-state index contributed by atoms with van der Waals surface area (Å²) < 4.78 is 14.0. The Morgan fingerprint density at radius 3 is 2.76 bits per heavy atom. The van der Waals surface area contributed by atoms with Gasteiger partial charge in [0.25, 0.3) is 0 Å². The third-order valence-electron chi connectivity index (χ3n) is 3.14. The normalized spacial score (nSPS) is 11.0. The third-order valence-corrected chi connectivity index (χ3v) is 3.73. The molecule has 5 nitrogen and oxygen atoms in total. The maximum absolute atomic E-state index is 9.22. The number of halogens is 1. The summed E-state index contributed by atoms with van der Waals surface area (Å²) in [6.45, 7) is 4.54. The highest BCUT2D eigenvalue weighted by molar-refractivity contribution is 9.10. The largest absolute Gasteiger partial charge is 0.493 e. The molecule has 2 aromatic rings. The van der Waals surface area contributed by atoms with Crippen molar-refractivity contribution in [2.45, 2.75) is 33.1 Å². The average molecular weight is 355 g/mol. The quantitative estimate of drug-likeness (QED) is 0.864. The molecular weight excluding hydrogens is 336 g/mol. The topological polar surface area (TPSA) is 56.5 Å². The average Bonchev–Trinajstić information content (AvgIpc) is 2.93. The van der Waals surface area contributed by atoms with Crippen LogP contribution < -0.4 is 9.47 Å². The van der Waals surface area contributed by atoms with Gasteiger partial charge in [0.05, 0.1) is 36.4 Å². The standard InChI is InChI=1S/C15H19BrN2O3/c1-10(2)18-9-17-6-12(18)8-21-15-13(16)4-11(7-19)5-14(15)20-3/h4-6,9-10,19H,7-8H2,1-3H3. The molecule has 2 rings (SSSR count). The van der Waals surface area contributed by atoms with Crippen LogP contribution in [0, 0.1) is 0 Å². The fraction of sp³-hybridized carbons (Fsp3) is 0.400. The van der Waals surface area contributed by atoms with Crippen LogP contribution in [0.2, 0.25) is 0 Å². The zero-order valence-corrected chi connectivity index (χ0v) is 13.9. The van der Waals surface area contributed by atoms with Gasteiger partial charge in [-0.1, -0.05) is 0 Å². The van der Waals surface area contributed by atoms with Gasteiger partial charge in [-0.15, -0.1) is 0 Å². The van der Waals surface area contributed by atoms with Gasteiger partial charge in [0.2, 0.25) is 0 Å². The fourth-order valence-corrected chi connectivity index (χ4v) is 2.66. The number of aliphatic hydroxyl groups excluding tert-OH is 1. The first-order chi connectivity index (χ1) is 10.1. The van der Waals surface area contributed by atoms with Crippen molar-refractivity contribution < 1.29 is 14.6 Å². The van der Waals surface area contributed by atoms with Crippen LogP contribution in [-0.4, -0.2) is 21.8 Å². The molecule has 0 atom stereocenters. The van der Waals surface area contributed by atoms with E-state index in [0.29, 0.717) is 24.1 Å². The molecule has 0 aliphatic heterocycles. The zero-order chi connectivity index (χ0) is 15.4. The molecule has 1 aromatic heterocycles. The summed E-state index contributed by atoms with van der Waals surface area (Å²) >= 11 is 3.45. The minimum absolute atomic E-state index is 0.0463. The minimum atomic E-state index is -0.0463. The Bertz CT molecular complexity index is 611. The number of ether oxygens (including phenoxy) is 2. The molecule has 0 bridgehead atoms. The minimum Gasteiger partial charge on any atom is -0.493 e. The summed E-state index contributed by atoms with van der Waals surface area (Å²) in [6.07, 6.45) is 3.59. The molecule has 0 radical (unpaired) electrons. The summed E-state index contributed by atoms with van der Waals surface area (Å²) in [4.78, 5) is 4.15. The van der Waals surface area contributed by atoms with Gasteiger partial charge in [0.15, 0.2) is 11.5 Å². The van der Waals surface area contributed by atoms with Crippen LogP contribution in [0.1, 0.15) is 31.1 Å². The van der Waals surface area contributed by atoms with Crippen LogP contribution in [0.4, 0.5) is 0 Å². The maximum Gasteiger partial charge on any atom is 0.175 e. The molecule has 0 saturated carbocycles. The van der Waals surface area contributed by atoms with Gasteiger partial charge in [-0.2, -0.15) is 0 Å². The number of imidazole rings is 1. The number of rotatable bonds is 6. The second-order valence-corrected chi connectivity index (χ2v) is 5.80. The lowest BCUT2D eigenvalue weighted by Gasteiger charge is -2.16. The van der Waals surface area contributed by atoms with E-state index in [9.17, 15) is 5.11 Å². The van der Waals surface area contributed by atoms with Crippen LogP contribution in [0.3, 0.4) is 0 Å². The second-order valence-electron chi connectivity index (χ2n) is 4.94. The summed E-state index contributed by atoms with van der Waals surface area (Å²) in [6, 6.07) is 3.91. The van der Waals surface area contributed by atoms with E-state index in [1.54, 1.807) is 25.7 Å². The van der Waals surface area contributed by atoms with Crippen molar-refractivity contribution in [3.63, 3.8) is 0 Å². The maximum atomic E-state index is 9.22. The Morgan fingerprint density at radius 2 is 2.14 bits per heavy atom. The second kappa shape index (κ2) is 6.95. The zero-order valence-electron chi connectivity index (χ0n) is 12.3. The van der Waals surface area contributed by atoms with E-state index >= 15 is 0 Å². The molecule has 0 unspecified atom stereocenters. The number of hydrogen-bond acceptors (Lipinski definition) is 4. The Labute approximate surface area is 132 Å². The number of nitrogens with zero attached hydrogens (tertiary/aromatic N) is 2. The lowest BCUT2D eigenvalue weighted by atomic mass is 10.2. The Kier molecular flexibility index (Phi) is 5.25. The number of hydrogen-bond donors (Lipinski definition) is 1. The smallest absolute Gasteiger partial charge is 0.175 e. The van der Waals surface area contributed by atoms with Crippen LogP contribution in [0.15, 0.2) is 29.1 Å². The number of methoxy groups -OCH3 is 1. The molecule has 21 heavy (non-hydrogen) atoms. The van der Waals surface area contributed by atoms with Crippen molar-refractivity contribution in [3.05, 3.63) is 40.4 Å². The van der Waals surface area contributed by atoms with E-state index in [1.807, 2.05) is 6.07 Å².